The van der Waals surface area contributed by atoms with Gasteiger partial charge in [-0.1, -0.05) is 90.5 Å². The van der Waals surface area contributed by atoms with E-state index in [1.165, 1.54) is 57.1 Å². The van der Waals surface area contributed by atoms with Crippen LogP contribution >= 0.6 is 0 Å². The summed E-state index contributed by atoms with van der Waals surface area (Å²) in [6.45, 7) is 15.0. The number of ether oxygens (including phenoxy) is 1. The molecule has 1 aliphatic heterocycles. The maximum absolute atomic E-state index is 9.79. The molecule has 0 fully saturated rings. The fourth-order valence-electron chi connectivity index (χ4n) is 5.20. The monoisotopic (exact) mass is 526 g/mol. The van der Waals surface area contributed by atoms with Crippen LogP contribution in [0.15, 0.2) is 52.8 Å². The summed E-state index contributed by atoms with van der Waals surface area (Å²) in [5.74, 6) is 1.46. The van der Waals surface area contributed by atoms with E-state index in [1.807, 2.05) is 38.1 Å². The van der Waals surface area contributed by atoms with Crippen LogP contribution in [-0.4, -0.2) is 18.7 Å². The Hall–Kier alpha value is -3.49. The zero-order valence-corrected chi connectivity index (χ0v) is 24.9. The molecule has 208 valence electrons. The third-order valence-corrected chi connectivity index (χ3v) is 7.81. The van der Waals surface area contributed by atoms with E-state index in [2.05, 4.69) is 62.9 Å². The van der Waals surface area contributed by atoms with Crippen LogP contribution in [-0.2, 0) is 4.74 Å². The maximum Gasteiger partial charge on any atom is 0.172 e. The van der Waals surface area contributed by atoms with E-state index in [0.29, 0.717) is 17.4 Å². The largest absolute Gasteiger partial charge is 0.480 e. The summed E-state index contributed by atoms with van der Waals surface area (Å²) in [5.41, 5.74) is 2.20. The molecular formula is C34H46N4O. The summed E-state index contributed by atoms with van der Waals surface area (Å²) in [7, 11) is 0. The number of allylic oxidation sites excluding steroid dienone is 2. The van der Waals surface area contributed by atoms with E-state index < -0.39 is 5.60 Å². The van der Waals surface area contributed by atoms with Crippen molar-refractivity contribution in [3.05, 3.63) is 58.4 Å². The van der Waals surface area contributed by atoms with Gasteiger partial charge in [-0.25, -0.2) is 0 Å². The molecule has 2 unspecified atom stereocenters. The summed E-state index contributed by atoms with van der Waals surface area (Å²) >= 11 is 0. The fourth-order valence-corrected chi connectivity index (χ4v) is 5.20. The van der Waals surface area contributed by atoms with Crippen molar-refractivity contribution < 1.29 is 4.74 Å². The Labute approximate surface area is 237 Å². The van der Waals surface area contributed by atoms with Crippen molar-refractivity contribution in [2.75, 3.05) is 18.0 Å². The lowest BCUT2D eigenvalue weighted by atomic mass is 9.94. The standard InChI is InChI=1S/C34H46N4O/c1-7-11-13-26(9-3)24-38(25-27(10-4)14-12-8-2)30-18-15-28(16-19-30)17-20-32-31(23-37)33(29(21-35)22-36)39-34(32,5)6/h15-20,26-27H,7-14,24-25H2,1-6H3/b20-17+. The fraction of sp³-hybridized carbons (Fsp3) is 0.559. The van der Waals surface area contributed by atoms with E-state index in [9.17, 15) is 15.8 Å². The van der Waals surface area contributed by atoms with Crippen LogP contribution in [0.1, 0.15) is 98.5 Å². The molecule has 1 aromatic rings. The third kappa shape index (κ3) is 8.76. The first-order valence-electron chi connectivity index (χ1n) is 14.7. The van der Waals surface area contributed by atoms with Crippen LogP contribution in [0, 0.1) is 45.8 Å². The van der Waals surface area contributed by atoms with Crippen molar-refractivity contribution in [2.45, 2.75) is 98.5 Å². The second kappa shape index (κ2) is 15.8. The van der Waals surface area contributed by atoms with Gasteiger partial charge in [-0.2, -0.15) is 15.8 Å². The van der Waals surface area contributed by atoms with Gasteiger partial charge >= 0.3 is 0 Å². The Kier molecular flexibility index (Phi) is 12.9. The smallest absolute Gasteiger partial charge is 0.172 e. The summed E-state index contributed by atoms with van der Waals surface area (Å²) in [6, 6.07) is 14.5. The number of hydrogen-bond acceptors (Lipinski definition) is 5. The lowest BCUT2D eigenvalue weighted by molar-refractivity contribution is 0.0954. The van der Waals surface area contributed by atoms with Gasteiger partial charge in [0, 0.05) is 24.4 Å². The highest BCUT2D eigenvalue weighted by molar-refractivity contribution is 5.65. The van der Waals surface area contributed by atoms with Crippen molar-refractivity contribution in [1.29, 1.82) is 15.8 Å². The molecule has 39 heavy (non-hydrogen) atoms. The topological polar surface area (TPSA) is 83.8 Å². The van der Waals surface area contributed by atoms with Gasteiger partial charge < -0.3 is 9.64 Å². The molecule has 0 bridgehead atoms. The minimum Gasteiger partial charge on any atom is -0.480 e. The molecule has 0 saturated heterocycles. The first-order valence-corrected chi connectivity index (χ1v) is 14.7. The Morgan fingerprint density at radius 2 is 1.41 bits per heavy atom. The van der Waals surface area contributed by atoms with Gasteiger partial charge in [0.05, 0.1) is 0 Å². The number of benzene rings is 1. The first kappa shape index (κ1) is 31.7. The normalized spacial score (nSPS) is 15.8. The van der Waals surface area contributed by atoms with E-state index in [4.69, 9.17) is 4.74 Å². The van der Waals surface area contributed by atoms with E-state index in [-0.39, 0.29) is 16.9 Å². The van der Waals surface area contributed by atoms with Gasteiger partial charge in [0.1, 0.15) is 29.4 Å². The molecule has 1 aromatic carbocycles. The minimum absolute atomic E-state index is 0.0697. The number of nitriles is 3. The van der Waals surface area contributed by atoms with Crippen LogP contribution in [0.3, 0.4) is 0 Å². The van der Waals surface area contributed by atoms with Crippen molar-refractivity contribution in [3.8, 4) is 18.2 Å². The molecule has 0 N–H and O–H groups in total. The van der Waals surface area contributed by atoms with E-state index >= 15 is 0 Å². The first-order chi connectivity index (χ1) is 18.8. The number of nitrogens with zero attached hydrogens (tertiary/aromatic N) is 4. The molecule has 0 aromatic heterocycles. The zero-order valence-electron chi connectivity index (χ0n) is 24.9. The van der Waals surface area contributed by atoms with Crippen LogP contribution in [0.4, 0.5) is 5.69 Å². The molecule has 5 nitrogen and oxygen atoms in total. The molecule has 1 heterocycles. The molecule has 1 aliphatic rings. The second-order valence-corrected chi connectivity index (χ2v) is 11.1. The average Bonchev–Trinajstić information content (AvgIpc) is 3.20. The number of hydrogen-bond donors (Lipinski definition) is 0. The summed E-state index contributed by atoms with van der Waals surface area (Å²) < 4.78 is 5.88. The van der Waals surface area contributed by atoms with E-state index in [1.54, 1.807) is 0 Å². The van der Waals surface area contributed by atoms with Crippen LogP contribution in [0.25, 0.3) is 6.08 Å². The maximum atomic E-state index is 9.79. The van der Waals surface area contributed by atoms with Crippen LogP contribution in [0.5, 0.6) is 0 Å². The van der Waals surface area contributed by atoms with Crippen molar-refractivity contribution in [2.24, 2.45) is 11.8 Å². The summed E-state index contributed by atoms with van der Waals surface area (Å²) in [6.07, 6.45) is 13.8. The highest BCUT2D eigenvalue weighted by Gasteiger charge is 2.38. The average molecular weight is 527 g/mol. The predicted octanol–water partition coefficient (Wildman–Crippen LogP) is 8.87. The minimum atomic E-state index is -0.812. The Bertz CT molecular complexity index is 1120. The number of rotatable bonds is 15. The van der Waals surface area contributed by atoms with Gasteiger partial charge in [-0.3, -0.25) is 0 Å². The number of anilines is 1. The molecule has 2 atom stereocenters. The molecule has 0 saturated carbocycles. The van der Waals surface area contributed by atoms with Crippen molar-refractivity contribution in [3.63, 3.8) is 0 Å². The lowest BCUT2D eigenvalue weighted by Gasteiger charge is -2.32. The molecule has 2 rings (SSSR count). The second-order valence-electron chi connectivity index (χ2n) is 11.1. The quantitative estimate of drug-likeness (QED) is 0.213. The Balaban J connectivity index is 2.34. The van der Waals surface area contributed by atoms with E-state index in [0.717, 1.165) is 18.7 Å². The summed E-state index contributed by atoms with van der Waals surface area (Å²) in [5, 5.41) is 28.4. The molecular weight excluding hydrogens is 480 g/mol. The van der Waals surface area contributed by atoms with Gasteiger partial charge in [0.25, 0.3) is 0 Å². The lowest BCUT2D eigenvalue weighted by Crippen LogP contribution is -2.34. The zero-order chi connectivity index (χ0) is 28.8. The Morgan fingerprint density at radius 3 is 1.85 bits per heavy atom. The van der Waals surface area contributed by atoms with Gasteiger partial charge in [0.15, 0.2) is 11.3 Å². The van der Waals surface area contributed by atoms with Crippen molar-refractivity contribution in [1.82, 2.24) is 0 Å². The molecule has 0 radical (unpaired) electrons. The summed E-state index contributed by atoms with van der Waals surface area (Å²) in [4.78, 5) is 2.60. The Morgan fingerprint density at radius 1 is 0.872 bits per heavy atom. The third-order valence-electron chi connectivity index (χ3n) is 7.81. The van der Waals surface area contributed by atoms with Crippen LogP contribution in [0.2, 0.25) is 0 Å². The molecule has 0 amide bonds. The molecule has 5 heteroatoms. The van der Waals surface area contributed by atoms with Gasteiger partial charge in [-0.15, -0.1) is 0 Å². The predicted molar refractivity (Wildman–Crippen MR) is 160 cm³/mol. The molecule has 0 aliphatic carbocycles. The van der Waals surface area contributed by atoms with Gasteiger partial charge in [0.2, 0.25) is 0 Å². The highest BCUT2D eigenvalue weighted by Crippen LogP contribution is 2.40. The van der Waals surface area contributed by atoms with Crippen LogP contribution < -0.4 is 4.90 Å². The number of unbranched alkanes of at least 4 members (excludes halogenated alkanes) is 2. The SMILES string of the molecule is CCCCC(CC)CN(CC(CC)CCCC)c1ccc(/C=C/C2=C(C#N)C(=C(C#N)C#N)OC2(C)C)cc1. The van der Waals surface area contributed by atoms with Crippen molar-refractivity contribution >= 4 is 11.8 Å². The molecule has 0 spiro atoms. The highest BCUT2D eigenvalue weighted by atomic mass is 16.5. The van der Waals surface area contributed by atoms with Gasteiger partial charge in [-0.05, 0) is 56.2 Å².